The van der Waals surface area contributed by atoms with Gasteiger partial charge in [0.1, 0.15) is 5.01 Å². The third-order valence-corrected chi connectivity index (χ3v) is 5.45. The molecule has 10 heteroatoms. The molecule has 0 bridgehead atoms. The Bertz CT molecular complexity index is 918. The van der Waals surface area contributed by atoms with Crippen LogP contribution in [0.15, 0.2) is 30.5 Å². The molecule has 1 amide bonds. The summed E-state index contributed by atoms with van der Waals surface area (Å²) in [7, 11) is 0. The highest BCUT2D eigenvalue weighted by Gasteiger charge is 2.17. The lowest BCUT2D eigenvalue weighted by molar-refractivity contribution is 0.102. The molecule has 3 heterocycles. The zero-order valence-electron chi connectivity index (χ0n) is 15.5. The topological polar surface area (TPSA) is 97.6 Å². The molecule has 2 aromatic heterocycles. The quantitative estimate of drug-likeness (QED) is 0.659. The Balaban J connectivity index is 0.00000225. The van der Waals surface area contributed by atoms with Crippen LogP contribution >= 0.6 is 23.7 Å². The van der Waals surface area contributed by atoms with E-state index in [-0.39, 0.29) is 24.0 Å². The Kier molecular flexibility index (Phi) is 6.71. The number of halogens is 1. The van der Waals surface area contributed by atoms with E-state index in [1.807, 2.05) is 31.2 Å². The van der Waals surface area contributed by atoms with E-state index >= 15 is 0 Å². The van der Waals surface area contributed by atoms with E-state index in [0.29, 0.717) is 11.0 Å². The van der Waals surface area contributed by atoms with Crippen LogP contribution in [0.1, 0.15) is 28.9 Å². The predicted octanol–water partition coefficient (Wildman–Crippen LogP) is 2.78. The van der Waals surface area contributed by atoms with Gasteiger partial charge in [0.15, 0.2) is 5.69 Å². The lowest BCUT2D eigenvalue weighted by Crippen LogP contribution is -2.32. The van der Waals surface area contributed by atoms with Gasteiger partial charge in [-0.1, -0.05) is 46.4 Å². The van der Waals surface area contributed by atoms with Gasteiger partial charge in [-0.05, 0) is 38.8 Å². The van der Waals surface area contributed by atoms with E-state index in [4.69, 9.17) is 0 Å². The third-order valence-electron chi connectivity index (χ3n) is 4.56. The summed E-state index contributed by atoms with van der Waals surface area (Å²) >= 11 is 1.33. The summed E-state index contributed by atoms with van der Waals surface area (Å²) in [5.41, 5.74) is 2.44. The van der Waals surface area contributed by atoms with Crippen LogP contribution in [0.4, 0.5) is 5.13 Å². The van der Waals surface area contributed by atoms with Crippen molar-refractivity contribution < 1.29 is 4.79 Å². The minimum absolute atomic E-state index is 0. The number of aryl methyl sites for hydroxylation is 1. The highest BCUT2D eigenvalue weighted by Crippen LogP contribution is 2.26. The second-order valence-electron chi connectivity index (χ2n) is 6.77. The number of carbonyl (C=O) groups is 1. The number of piperidine rings is 1. The molecule has 4 rings (SSSR count). The molecule has 1 saturated heterocycles. The molecule has 1 aliphatic heterocycles. The number of hydrogen-bond acceptors (Lipinski definition) is 7. The number of nitrogens with one attached hydrogen (secondary N) is 2. The van der Waals surface area contributed by atoms with Crippen molar-refractivity contribution in [3.63, 3.8) is 0 Å². The van der Waals surface area contributed by atoms with Crippen LogP contribution in [0.2, 0.25) is 0 Å². The minimum atomic E-state index is -0.324. The van der Waals surface area contributed by atoms with Crippen LogP contribution < -0.4 is 10.6 Å². The predicted molar refractivity (Wildman–Crippen MR) is 111 cm³/mol. The third kappa shape index (κ3) is 4.92. The van der Waals surface area contributed by atoms with Crippen LogP contribution in [0.25, 0.3) is 10.6 Å². The normalized spacial score (nSPS) is 16.4. The Morgan fingerprint density at radius 1 is 1.29 bits per heavy atom. The first-order valence-corrected chi connectivity index (χ1v) is 9.82. The van der Waals surface area contributed by atoms with Gasteiger partial charge in [-0.15, -0.1) is 27.7 Å². The number of hydrogen-bond donors (Lipinski definition) is 2. The van der Waals surface area contributed by atoms with E-state index in [2.05, 4.69) is 31.1 Å². The van der Waals surface area contributed by atoms with Crippen molar-refractivity contribution in [2.45, 2.75) is 26.3 Å². The zero-order valence-corrected chi connectivity index (χ0v) is 17.1. The van der Waals surface area contributed by atoms with Gasteiger partial charge in [-0.25, -0.2) is 0 Å². The fourth-order valence-corrected chi connectivity index (χ4v) is 3.83. The average Bonchev–Trinajstić information content (AvgIpc) is 3.33. The number of benzene rings is 1. The lowest BCUT2D eigenvalue weighted by atomic mass is 10.00. The number of rotatable bonds is 5. The van der Waals surface area contributed by atoms with Crippen molar-refractivity contribution in [1.82, 2.24) is 30.5 Å². The molecule has 1 aliphatic rings. The molecule has 0 radical (unpaired) electrons. The van der Waals surface area contributed by atoms with Crippen molar-refractivity contribution in [3.8, 4) is 10.6 Å². The summed E-state index contributed by atoms with van der Waals surface area (Å²) in [6.07, 6.45) is 4.03. The standard InChI is InChI=1S/C18H21N7OS.ClH/c1-12-4-6-14(7-5-12)17-22-23-18(27-17)20-16(26)15-11-25(24-21-15)10-13-3-2-8-19-9-13;/h4-7,11,13,19H,2-3,8-10H2,1H3,(H,20,23,26);1H. The Labute approximate surface area is 173 Å². The molecule has 1 fully saturated rings. The molecule has 1 atom stereocenters. The van der Waals surface area contributed by atoms with Crippen molar-refractivity contribution in [1.29, 1.82) is 0 Å². The Morgan fingerprint density at radius 2 is 2.11 bits per heavy atom. The van der Waals surface area contributed by atoms with Crippen molar-refractivity contribution in [2.24, 2.45) is 5.92 Å². The van der Waals surface area contributed by atoms with E-state index < -0.39 is 0 Å². The van der Waals surface area contributed by atoms with Gasteiger partial charge < -0.3 is 5.32 Å². The fourth-order valence-electron chi connectivity index (χ4n) is 3.08. The number of carbonyl (C=O) groups excluding carboxylic acids is 1. The van der Waals surface area contributed by atoms with Crippen LogP contribution in [0, 0.1) is 12.8 Å². The summed E-state index contributed by atoms with van der Waals surface area (Å²) in [5.74, 6) is 0.200. The average molecular weight is 420 g/mol. The first kappa shape index (κ1) is 20.4. The number of anilines is 1. The molecule has 0 saturated carbocycles. The summed E-state index contributed by atoms with van der Waals surface area (Å²) in [6.45, 7) is 4.86. The van der Waals surface area contributed by atoms with E-state index in [1.165, 1.54) is 29.7 Å². The summed E-state index contributed by atoms with van der Waals surface area (Å²) in [5, 5.41) is 23.6. The molecule has 8 nitrogen and oxygen atoms in total. The molecular formula is C18H22ClN7OS. The monoisotopic (exact) mass is 419 g/mol. The number of amides is 1. The molecule has 0 spiro atoms. The molecule has 148 valence electrons. The minimum Gasteiger partial charge on any atom is -0.316 e. The molecular weight excluding hydrogens is 398 g/mol. The van der Waals surface area contributed by atoms with Gasteiger partial charge in [0.25, 0.3) is 5.91 Å². The molecule has 2 N–H and O–H groups in total. The first-order chi connectivity index (χ1) is 13.2. The zero-order chi connectivity index (χ0) is 18.6. The van der Waals surface area contributed by atoms with Crippen LogP contribution in [-0.4, -0.2) is 44.2 Å². The number of nitrogens with zero attached hydrogens (tertiary/aromatic N) is 5. The van der Waals surface area contributed by atoms with Gasteiger partial charge in [-0.3, -0.25) is 14.8 Å². The van der Waals surface area contributed by atoms with Gasteiger partial charge in [0.2, 0.25) is 5.13 Å². The van der Waals surface area contributed by atoms with Crippen molar-refractivity contribution in [2.75, 3.05) is 18.4 Å². The van der Waals surface area contributed by atoms with E-state index in [9.17, 15) is 4.79 Å². The maximum absolute atomic E-state index is 12.4. The summed E-state index contributed by atoms with van der Waals surface area (Å²) in [6, 6.07) is 8.03. The second kappa shape index (κ2) is 9.22. The summed E-state index contributed by atoms with van der Waals surface area (Å²) < 4.78 is 1.74. The molecule has 28 heavy (non-hydrogen) atoms. The van der Waals surface area contributed by atoms with Gasteiger partial charge >= 0.3 is 0 Å². The van der Waals surface area contributed by atoms with E-state index in [1.54, 1.807) is 10.9 Å². The molecule has 1 aromatic carbocycles. The maximum atomic E-state index is 12.4. The van der Waals surface area contributed by atoms with Gasteiger partial charge in [0, 0.05) is 12.1 Å². The smallest absolute Gasteiger partial charge is 0.279 e. The van der Waals surface area contributed by atoms with Crippen molar-refractivity contribution in [3.05, 3.63) is 41.7 Å². The molecule has 3 aromatic rings. The maximum Gasteiger partial charge on any atom is 0.279 e. The largest absolute Gasteiger partial charge is 0.316 e. The van der Waals surface area contributed by atoms with E-state index in [0.717, 1.165) is 30.2 Å². The van der Waals surface area contributed by atoms with Crippen LogP contribution in [0.3, 0.4) is 0 Å². The first-order valence-electron chi connectivity index (χ1n) is 9.00. The SMILES string of the molecule is Cc1ccc(-c2nnc(NC(=O)c3cn(CC4CCCNC4)nn3)s2)cc1.Cl. The highest BCUT2D eigenvalue weighted by molar-refractivity contribution is 7.18. The lowest BCUT2D eigenvalue weighted by Gasteiger charge is -2.22. The van der Waals surface area contributed by atoms with Crippen molar-refractivity contribution >= 4 is 34.8 Å². The Hall–Kier alpha value is -2.36. The Morgan fingerprint density at radius 3 is 2.86 bits per heavy atom. The van der Waals surface area contributed by atoms with Gasteiger partial charge in [-0.2, -0.15) is 0 Å². The van der Waals surface area contributed by atoms with Gasteiger partial charge in [0.05, 0.1) is 6.20 Å². The molecule has 0 aliphatic carbocycles. The number of aromatic nitrogens is 5. The second-order valence-corrected chi connectivity index (χ2v) is 7.75. The summed E-state index contributed by atoms with van der Waals surface area (Å²) in [4.78, 5) is 12.4. The molecule has 1 unspecified atom stereocenters. The van der Waals surface area contributed by atoms with Crippen LogP contribution in [-0.2, 0) is 6.54 Å². The van der Waals surface area contributed by atoms with Crippen LogP contribution in [0.5, 0.6) is 0 Å². The highest BCUT2D eigenvalue weighted by atomic mass is 35.5. The fraction of sp³-hybridized carbons (Fsp3) is 0.389.